The summed E-state index contributed by atoms with van der Waals surface area (Å²) in [6.07, 6.45) is 2.89. The van der Waals surface area contributed by atoms with Gasteiger partial charge in [0.05, 0.1) is 6.10 Å². The molecule has 0 amide bonds. The minimum Gasteiger partial charge on any atom is -0.313 e. The molecule has 0 fully saturated rings. The molecule has 0 bridgehead atoms. The summed E-state index contributed by atoms with van der Waals surface area (Å²) in [5, 5.41) is 0. The smallest absolute Gasteiger partial charge is 0.0666 e. The molecule has 0 saturated heterocycles. The highest BCUT2D eigenvalue weighted by molar-refractivity contribution is 7.94. The molecule has 56 valence electrons. The minimum atomic E-state index is 0.367. The Bertz CT molecular complexity index is 54.9. The lowest BCUT2D eigenvalue weighted by atomic mass is 10.4. The van der Waals surface area contributed by atoms with Gasteiger partial charge in [0.2, 0.25) is 0 Å². The summed E-state index contributed by atoms with van der Waals surface area (Å²) >= 11 is 1.59. The Balaban J connectivity index is 2.75. The molecule has 0 aliphatic rings. The summed E-state index contributed by atoms with van der Waals surface area (Å²) in [4.78, 5) is 0. The van der Waals surface area contributed by atoms with E-state index < -0.39 is 0 Å². The molecule has 0 saturated carbocycles. The summed E-state index contributed by atoms with van der Waals surface area (Å²) in [7, 11) is 0. The summed E-state index contributed by atoms with van der Waals surface area (Å²) in [5.41, 5.74) is 0. The van der Waals surface area contributed by atoms with Gasteiger partial charge in [-0.25, -0.2) is 0 Å². The predicted molar refractivity (Wildman–Crippen MR) is 43.6 cm³/mol. The highest BCUT2D eigenvalue weighted by atomic mass is 32.2. The third-order valence-corrected chi connectivity index (χ3v) is 1.82. The van der Waals surface area contributed by atoms with Gasteiger partial charge in [-0.2, -0.15) is 0 Å². The second-order valence-corrected chi connectivity index (χ2v) is 3.16. The summed E-state index contributed by atoms with van der Waals surface area (Å²) in [5.74, 6) is 1.13. The Kier molecular flexibility index (Phi) is 6.65. The molecular formula is C7H16OS. The van der Waals surface area contributed by atoms with Crippen LogP contribution in [0.25, 0.3) is 0 Å². The molecule has 2 heteroatoms. The largest absolute Gasteiger partial charge is 0.313 e. The van der Waals surface area contributed by atoms with Crippen molar-refractivity contribution in [3.8, 4) is 0 Å². The predicted octanol–water partition coefficient (Wildman–Crippen LogP) is 2.86. The fourth-order valence-corrected chi connectivity index (χ4v) is 1.16. The fourth-order valence-electron chi connectivity index (χ4n) is 0.387. The van der Waals surface area contributed by atoms with Crippen LogP contribution in [0.1, 0.15) is 33.6 Å². The first-order valence-electron chi connectivity index (χ1n) is 3.55. The molecule has 1 nitrogen and oxygen atoms in total. The van der Waals surface area contributed by atoms with Crippen LogP contribution in [0.5, 0.6) is 0 Å². The van der Waals surface area contributed by atoms with Crippen molar-refractivity contribution in [3.05, 3.63) is 0 Å². The van der Waals surface area contributed by atoms with Crippen LogP contribution >= 0.6 is 12.0 Å². The molecule has 0 N–H and O–H groups in total. The van der Waals surface area contributed by atoms with Crippen molar-refractivity contribution in [1.82, 2.24) is 0 Å². The van der Waals surface area contributed by atoms with E-state index in [9.17, 15) is 0 Å². The van der Waals surface area contributed by atoms with Crippen LogP contribution in [-0.4, -0.2) is 11.9 Å². The lowest BCUT2D eigenvalue weighted by Crippen LogP contribution is -1.95. The second-order valence-electron chi connectivity index (χ2n) is 2.32. The quantitative estimate of drug-likeness (QED) is 0.438. The monoisotopic (exact) mass is 148 g/mol. The van der Waals surface area contributed by atoms with Crippen molar-refractivity contribution in [1.29, 1.82) is 0 Å². The Morgan fingerprint density at radius 3 is 2.56 bits per heavy atom. The molecule has 0 unspecified atom stereocenters. The molecule has 0 aliphatic heterocycles. The van der Waals surface area contributed by atoms with Crippen molar-refractivity contribution in [3.63, 3.8) is 0 Å². The second kappa shape index (κ2) is 6.43. The molecule has 0 spiro atoms. The molecule has 0 aliphatic carbocycles. The molecule has 0 aromatic carbocycles. The fraction of sp³-hybridized carbons (Fsp3) is 1.00. The van der Waals surface area contributed by atoms with Crippen LogP contribution in [0.2, 0.25) is 0 Å². The van der Waals surface area contributed by atoms with E-state index in [0.717, 1.165) is 5.75 Å². The van der Waals surface area contributed by atoms with Gasteiger partial charge in [-0.3, -0.25) is 0 Å². The number of unbranched alkanes of at least 4 members (excludes halogenated alkanes) is 1. The van der Waals surface area contributed by atoms with E-state index in [1.165, 1.54) is 12.8 Å². The van der Waals surface area contributed by atoms with Crippen molar-refractivity contribution >= 4 is 12.0 Å². The topological polar surface area (TPSA) is 9.23 Å². The standard InChI is InChI=1S/C7H16OS/c1-4-5-6-9-8-7(2)3/h7H,4-6H2,1-3H3. The van der Waals surface area contributed by atoms with E-state index in [4.69, 9.17) is 4.18 Å². The van der Waals surface area contributed by atoms with E-state index >= 15 is 0 Å². The Labute approximate surface area is 62.4 Å². The van der Waals surface area contributed by atoms with E-state index in [2.05, 4.69) is 20.8 Å². The normalized spacial score (nSPS) is 10.7. The van der Waals surface area contributed by atoms with Gasteiger partial charge in [-0.1, -0.05) is 13.3 Å². The van der Waals surface area contributed by atoms with Crippen LogP contribution in [0, 0.1) is 0 Å². The average molecular weight is 148 g/mol. The van der Waals surface area contributed by atoms with Gasteiger partial charge in [-0.05, 0) is 32.3 Å². The van der Waals surface area contributed by atoms with E-state index in [0.29, 0.717) is 6.10 Å². The van der Waals surface area contributed by atoms with Crippen LogP contribution < -0.4 is 0 Å². The Morgan fingerprint density at radius 1 is 1.44 bits per heavy atom. The molecular weight excluding hydrogens is 132 g/mol. The maximum atomic E-state index is 5.26. The maximum Gasteiger partial charge on any atom is 0.0666 e. The average Bonchev–Trinajstić information content (AvgIpc) is 1.80. The van der Waals surface area contributed by atoms with Gasteiger partial charge in [0.1, 0.15) is 0 Å². The summed E-state index contributed by atoms with van der Waals surface area (Å²) < 4.78 is 5.26. The van der Waals surface area contributed by atoms with Gasteiger partial charge in [0.25, 0.3) is 0 Å². The number of rotatable bonds is 5. The summed E-state index contributed by atoms with van der Waals surface area (Å²) in [6.45, 7) is 6.30. The maximum absolute atomic E-state index is 5.26. The molecule has 0 rings (SSSR count). The first-order chi connectivity index (χ1) is 4.27. The first-order valence-corrected chi connectivity index (χ1v) is 4.46. The Morgan fingerprint density at radius 2 is 2.11 bits per heavy atom. The molecule has 0 aromatic rings. The highest BCUT2D eigenvalue weighted by Crippen LogP contribution is 2.08. The van der Waals surface area contributed by atoms with E-state index in [1.54, 1.807) is 12.0 Å². The third-order valence-electron chi connectivity index (χ3n) is 0.842. The minimum absolute atomic E-state index is 0.367. The number of hydrogen-bond acceptors (Lipinski definition) is 2. The van der Waals surface area contributed by atoms with Crippen molar-refractivity contribution in [2.24, 2.45) is 0 Å². The zero-order valence-electron chi connectivity index (χ0n) is 6.52. The van der Waals surface area contributed by atoms with E-state index in [1.807, 2.05) is 0 Å². The lowest BCUT2D eigenvalue weighted by molar-refractivity contribution is 0.289. The van der Waals surface area contributed by atoms with Crippen LogP contribution in [0.15, 0.2) is 0 Å². The molecule has 0 heterocycles. The SMILES string of the molecule is CCCCSOC(C)C. The first kappa shape index (κ1) is 9.31. The van der Waals surface area contributed by atoms with Crippen molar-refractivity contribution < 1.29 is 4.18 Å². The van der Waals surface area contributed by atoms with Gasteiger partial charge in [0, 0.05) is 5.75 Å². The summed E-state index contributed by atoms with van der Waals surface area (Å²) in [6, 6.07) is 0. The Hall–Kier alpha value is 0.310. The lowest BCUT2D eigenvalue weighted by Gasteiger charge is -2.03. The molecule has 0 radical (unpaired) electrons. The molecule has 0 atom stereocenters. The number of hydrogen-bond donors (Lipinski definition) is 0. The zero-order chi connectivity index (χ0) is 7.11. The van der Waals surface area contributed by atoms with Crippen molar-refractivity contribution in [2.45, 2.75) is 39.7 Å². The molecule has 0 aromatic heterocycles. The van der Waals surface area contributed by atoms with Gasteiger partial charge < -0.3 is 4.18 Å². The van der Waals surface area contributed by atoms with Crippen LogP contribution in [0.4, 0.5) is 0 Å². The highest BCUT2D eigenvalue weighted by Gasteiger charge is 1.91. The van der Waals surface area contributed by atoms with Crippen molar-refractivity contribution in [2.75, 3.05) is 5.75 Å². The van der Waals surface area contributed by atoms with Crippen LogP contribution in [-0.2, 0) is 4.18 Å². The van der Waals surface area contributed by atoms with Gasteiger partial charge in [0.15, 0.2) is 0 Å². The van der Waals surface area contributed by atoms with Gasteiger partial charge >= 0.3 is 0 Å². The third kappa shape index (κ3) is 8.31. The zero-order valence-corrected chi connectivity index (χ0v) is 7.33. The van der Waals surface area contributed by atoms with Crippen LogP contribution in [0.3, 0.4) is 0 Å². The van der Waals surface area contributed by atoms with E-state index in [-0.39, 0.29) is 0 Å². The van der Waals surface area contributed by atoms with Gasteiger partial charge in [-0.15, -0.1) is 0 Å². The molecule has 9 heavy (non-hydrogen) atoms.